The van der Waals surface area contributed by atoms with Crippen LogP contribution >= 0.6 is 0 Å². The van der Waals surface area contributed by atoms with Crippen molar-refractivity contribution in [3.63, 3.8) is 0 Å². The monoisotopic (exact) mass is 455 g/mol. The van der Waals surface area contributed by atoms with Gasteiger partial charge in [-0.3, -0.25) is 24.3 Å². The molecule has 1 N–H and O–H groups in total. The first kappa shape index (κ1) is 23.0. The lowest BCUT2D eigenvalue weighted by molar-refractivity contribution is -0.129. The van der Waals surface area contributed by atoms with E-state index in [1.165, 1.54) is 12.1 Å². The van der Waals surface area contributed by atoms with E-state index in [0.717, 1.165) is 4.90 Å². The van der Waals surface area contributed by atoms with E-state index in [1.54, 1.807) is 50.4 Å². The summed E-state index contributed by atoms with van der Waals surface area (Å²) in [5.74, 6) is -2.16. The standard InChI is InChI=1S/C24H26FN3O5/c1-24(2,18-9-5-6-12-26-18)27-21(29)20(17(25)10-11-19-32-13-14-33-19)28-22(30)15-7-3-4-8-16(15)23(28)31/h3-9,12,17,19-20H,10-11,13-14H2,1-2H3,(H,27,29)/t17-,20-/m0/s1. The van der Waals surface area contributed by atoms with Crippen molar-refractivity contribution >= 4 is 17.7 Å². The summed E-state index contributed by atoms with van der Waals surface area (Å²) < 4.78 is 26.3. The van der Waals surface area contributed by atoms with E-state index in [4.69, 9.17) is 9.47 Å². The number of fused-ring (bicyclic) bond motifs is 1. The second-order valence-corrected chi connectivity index (χ2v) is 8.56. The first-order valence-corrected chi connectivity index (χ1v) is 10.9. The molecule has 0 saturated carbocycles. The molecule has 174 valence electrons. The summed E-state index contributed by atoms with van der Waals surface area (Å²) >= 11 is 0. The Labute approximate surface area is 191 Å². The van der Waals surface area contributed by atoms with Gasteiger partial charge in [-0.25, -0.2) is 4.39 Å². The number of hydrogen-bond acceptors (Lipinski definition) is 6. The van der Waals surface area contributed by atoms with Gasteiger partial charge in [0, 0.05) is 12.6 Å². The summed E-state index contributed by atoms with van der Waals surface area (Å²) in [6.45, 7) is 4.28. The Morgan fingerprint density at radius 3 is 2.30 bits per heavy atom. The van der Waals surface area contributed by atoms with Gasteiger partial charge in [-0.15, -0.1) is 0 Å². The van der Waals surface area contributed by atoms with Gasteiger partial charge in [0.25, 0.3) is 11.8 Å². The van der Waals surface area contributed by atoms with Crippen LogP contribution in [0.1, 0.15) is 53.1 Å². The Balaban J connectivity index is 1.60. The van der Waals surface area contributed by atoms with E-state index in [9.17, 15) is 14.4 Å². The highest BCUT2D eigenvalue weighted by molar-refractivity contribution is 6.23. The lowest BCUT2D eigenvalue weighted by atomic mass is 9.97. The first-order valence-electron chi connectivity index (χ1n) is 10.9. The predicted octanol–water partition coefficient (Wildman–Crippen LogP) is 2.59. The molecule has 2 atom stereocenters. The average Bonchev–Trinajstić information content (AvgIpc) is 3.41. The van der Waals surface area contributed by atoms with E-state index in [2.05, 4.69) is 10.3 Å². The first-order chi connectivity index (χ1) is 15.8. The molecule has 9 heteroatoms. The van der Waals surface area contributed by atoms with E-state index in [-0.39, 0.29) is 24.0 Å². The molecule has 1 fully saturated rings. The fourth-order valence-electron chi connectivity index (χ4n) is 4.11. The van der Waals surface area contributed by atoms with Crippen LogP contribution in [-0.2, 0) is 19.8 Å². The third-order valence-corrected chi connectivity index (χ3v) is 5.82. The summed E-state index contributed by atoms with van der Waals surface area (Å²) in [6.07, 6.45) is -0.735. The van der Waals surface area contributed by atoms with E-state index >= 15 is 4.39 Å². The Morgan fingerprint density at radius 1 is 1.12 bits per heavy atom. The minimum Gasteiger partial charge on any atom is -0.350 e. The molecule has 2 aliphatic rings. The predicted molar refractivity (Wildman–Crippen MR) is 116 cm³/mol. The Hall–Kier alpha value is -3.17. The van der Waals surface area contributed by atoms with Crippen molar-refractivity contribution in [1.82, 2.24) is 15.2 Å². The van der Waals surface area contributed by atoms with Crippen molar-refractivity contribution in [2.24, 2.45) is 0 Å². The molecule has 0 bridgehead atoms. The number of halogens is 1. The van der Waals surface area contributed by atoms with Crippen LogP contribution in [0.5, 0.6) is 0 Å². The number of carbonyl (C=O) groups excluding carboxylic acids is 3. The van der Waals surface area contributed by atoms with Gasteiger partial charge in [-0.1, -0.05) is 18.2 Å². The molecular weight excluding hydrogens is 429 g/mol. The minimum absolute atomic E-state index is 0.125. The van der Waals surface area contributed by atoms with Crippen molar-refractivity contribution in [1.29, 1.82) is 0 Å². The van der Waals surface area contributed by atoms with Gasteiger partial charge in [0.2, 0.25) is 5.91 Å². The summed E-state index contributed by atoms with van der Waals surface area (Å²) in [5, 5.41) is 2.78. The smallest absolute Gasteiger partial charge is 0.262 e. The highest BCUT2D eigenvalue weighted by atomic mass is 19.1. The quantitative estimate of drug-likeness (QED) is 0.615. The number of pyridine rings is 1. The van der Waals surface area contributed by atoms with Gasteiger partial charge in [-0.05, 0) is 44.5 Å². The molecule has 3 amide bonds. The zero-order valence-corrected chi connectivity index (χ0v) is 18.5. The molecule has 1 aromatic carbocycles. The normalized spacial score (nSPS) is 18.3. The number of carbonyl (C=O) groups is 3. The number of ether oxygens (including phenoxy) is 2. The molecule has 0 unspecified atom stereocenters. The Morgan fingerprint density at radius 2 is 1.73 bits per heavy atom. The maximum Gasteiger partial charge on any atom is 0.262 e. The molecule has 0 radical (unpaired) electrons. The molecule has 2 aliphatic heterocycles. The number of nitrogens with zero attached hydrogens (tertiary/aromatic N) is 2. The van der Waals surface area contributed by atoms with Crippen molar-refractivity contribution in [3.05, 3.63) is 65.5 Å². The van der Waals surface area contributed by atoms with Crippen molar-refractivity contribution in [2.75, 3.05) is 13.2 Å². The fraction of sp³-hybridized carbons (Fsp3) is 0.417. The lowest BCUT2D eigenvalue weighted by Crippen LogP contribution is -2.57. The van der Waals surface area contributed by atoms with Gasteiger partial charge in [0.1, 0.15) is 12.2 Å². The van der Waals surface area contributed by atoms with Crippen LogP contribution in [-0.4, -0.2) is 59.3 Å². The van der Waals surface area contributed by atoms with E-state index < -0.39 is 41.8 Å². The molecule has 1 saturated heterocycles. The number of amides is 3. The van der Waals surface area contributed by atoms with Crippen LogP contribution < -0.4 is 5.32 Å². The maximum atomic E-state index is 15.6. The number of benzene rings is 1. The van der Waals surface area contributed by atoms with Crippen LogP contribution in [0.4, 0.5) is 4.39 Å². The molecule has 8 nitrogen and oxygen atoms in total. The van der Waals surface area contributed by atoms with Gasteiger partial charge >= 0.3 is 0 Å². The second-order valence-electron chi connectivity index (χ2n) is 8.56. The molecule has 0 aliphatic carbocycles. The lowest BCUT2D eigenvalue weighted by Gasteiger charge is -2.33. The molecule has 1 aromatic heterocycles. The molecule has 2 aromatic rings. The van der Waals surface area contributed by atoms with Crippen LogP contribution in [0.15, 0.2) is 48.7 Å². The summed E-state index contributed by atoms with van der Waals surface area (Å²) in [4.78, 5) is 44.5. The largest absolute Gasteiger partial charge is 0.350 e. The molecular formula is C24H26FN3O5. The topological polar surface area (TPSA) is 97.8 Å². The number of alkyl halides is 1. The SMILES string of the molecule is CC(C)(NC(=O)[C@H]([C@@H](F)CCC1OCCO1)N1C(=O)c2ccccc2C1=O)c1ccccn1. The fourth-order valence-corrected chi connectivity index (χ4v) is 4.11. The Kier molecular flexibility index (Phi) is 6.53. The molecule has 0 spiro atoms. The average molecular weight is 455 g/mol. The maximum absolute atomic E-state index is 15.6. The summed E-state index contributed by atoms with van der Waals surface area (Å²) in [5.41, 5.74) is -0.104. The molecule has 33 heavy (non-hydrogen) atoms. The zero-order chi connectivity index (χ0) is 23.6. The summed E-state index contributed by atoms with van der Waals surface area (Å²) in [7, 11) is 0. The number of nitrogens with one attached hydrogen (secondary N) is 1. The van der Waals surface area contributed by atoms with Crippen LogP contribution in [0.2, 0.25) is 0 Å². The third kappa shape index (κ3) is 4.65. The third-order valence-electron chi connectivity index (χ3n) is 5.82. The van der Waals surface area contributed by atoms with Gasteiger partial charge in [0.15, 0.2) is 6.29 Å². The molecule has 3 heterocycles. The van der Waals surface area contributed by atoms with Crippen molar-refractivity contribution in [3.8, 4) is 0 Å². The Bertz CT molecular complexity index is 1000. The van der Waals surface area contributed by atoms with Crippen LogP contribution in [0.3, 0.4) is 0 Å². The summed E-state index contributed by atoms with van der Waals surface area (Å²) in [6, 6.07) is 9.83. The van der Waals surface area contributed by atoms with Crippen LogP contribution in [0.25, 0.3) is 0 Å². The highest BCUT2D eigenvalue weighted by Gasteiger charge is 2.47. The van der Waals surface area contributed by atoms with Crippen molar-refractivity contribution in [2.45, 2.75) is 50.7 Å². The van der Waals surface area contributed by atoms with E-state index in [1.807, 2.05) is 0 Å². The van der Waals surface area contributed by atoms with Crippen molar-refractivity contribution < 1.29 is 28.2 Å². The van der Waals surface area contributed by atoms with E-state index in [0.29, 0.717) is 18.9 Å². The second kappa shape index (κ2) is 9.36. The number of imide groups is 1. The number of rotatable bonds is 8. The van der Waals surface area contributed by atoms with Gasteiger partial charge < -0.3 is 14.8 Å². The highest BCUT2D eigenvalue weighted by Crippen LogP contribution is 2.29. The minimum atomic E-state index is -1.82. The number of hydrogen-bond donors (Lipinski definition) is 1. The zero-order valence-electron chi connectivity index (χ0n) is 18.5. The van der Waals surface area contributed by atoms with Crippen LogP contribution in [0, 0.1) is 0 Å². The van der Waals surface area contributed by atoms with Gasteiger partial charge in [0.05, 0.1) is 35.6 Å². The van der Waals surface area contributed by atoms with Gasteiger partial charge in [-0.2, -0.15) is 0 Å². The molecule has 4 rings (SSSR count). The number of aromatic nitrogens is 1.